The summed E-state index contributed by atoms with van der Waals surface area (Å²) < 4.78 is 84.7. The van der Waals surface area contributed by atoms with E-state index < -0.39 is 24.5 Å². The van der Waals surface area contributed by atoms with Crippen LogP contribution >= 0.6 is 0 Å². The van der Waals surface area contributed by atoms with Crippen LogP contribution in [0.2, 0.25) is 0 Å². The Kier molecular flexibility index (Phi) is 7.43. The first-order valence-electron chi connectivity index (χ1n) is 10.2. The summed E-state index contributed by atoms with van der Waals surface area (Å²) in [6.45, 7) is 6.12. The Balaban J connectivity index is 1.53. The molecular weight excluding hydrogens is 444 g/mol. The molecule has 3 rings (SSSR count). The van der Waals surface area contributed by atoms with Gasteiger partial charge in [0, 0.05) is 51.5 Å². The number of benzene rings is 1. The van der Waals surface area contributed by atoms with Crippen molar-refractivity contribution in [1.29, 1.82) is 0 Å². The Morgan fingerprint density at radius 2 is 1.59 bits per heavy atom. The van der Waals surface area contributed by atoms with Crippen LogP contribution < -0.4 is 4.90 Å². The number of ether oxygens (including phenoxy) is 2. The molecule has 2 aliphatic heterocycles. The van der Waals surface area contributed by atoms with Gasteiger partial charge in [-0.25, -0.2) is 4.79 Å². The quantitative estimate of drug-likeness (QED) is 0.631. The monoisotopic (exact) mass is 469 g/mol. The Morgan fingerprint density at radius 1 is 1.00 bits per heavy atom. The average molecular weight is 469 g/mol. The van der Waals surface area contributed by atoms with Crippen LogP contribution in [0, 0.1) is 6.92 Å². The van der Waals surface area contributed by atoms with Crippen LogP contribution in [0.4, 0.5) is 36.8 Å². The molecule has 0 N–H and O–H groups in total. The Labute approximate surface area is 181 Å². The van der Waals surface area contributed by atoms with Crippen molar-refractivity contribution in [3.63, 3.8) is 0 Å². The fourth-order valence-corrected chi connectivity index (χ4v) is 3.70. The molecule has 2 heterocycles. The third kappa shape index (κ3) is 6.18. The van der Waals surface area contributed by atoms with Crippen LogP contribution in [0.3, 0.4) is 0 Å². The molecule has 2 saturated heterocycles. The van der Waals surface area contributed by atoms with Crippen LogP contribution in [0.25, 0.3) is 0 Å². The highest BCUT2D eigenvalue weighted by Gasteiger charge is 2.60. The lowest BCUT2D eigenvalue weighted by Crippen LogP contribution is -2.52. The minimum Gasteiger partial charge on any atom is -0.426 e. The molecule has 0 atom stereocenters. The maximum atomic E-state index is 12.6. The zero-order valence-corrected chi connectivity index (χ0v) is 17.5. The van der Waals surface area contributed by atoms with Crippen molar-refractivity contribution >= 4 is 11.8 Å². The lowest BCUT2D eigenvalue weighted by atomic mass is 10.1. The summed E-state index contributed by atoms with van der Waals surface area (Å²) in [7, 11) is 0. The maximum Gasteiger partial charge on any atom is 0.434 e. The molecular formula is C20H25F6N3O3. The minimum atomic E-state index is -5.72. The Bertz CT molecular complexity index is 774. The van der Waals surface area contributed by atoms with E-state index in [4.69, 9.17) is 4.74 Å². The van der Waals surface area contributed by atoms with Gasteiger partial charge >= 0.3 is 18.4 Å². The third-order valence-corrected chi connectivity index (χ3v) is 5.54. The number of rotatable bonds is 4. The van der Waals surface area contributed by atoms with Gasteiger partial charge in [-0.15, -0.1) is 0 Å². The topological polar surface area (TPSA) is 45.2 Å². The van der Waals surface area contributed by atoms with Gasteiger partial charge in [-0.1, -0.05) is 6.07 Å². The van der Waals surface area contributed by atoms with E-state index in [0.29, 0.717) is 32.8 Å². The number of anilines is 1. The largest absolute Gasteiger partial charge is 0.434 e. The summed E-state index contributed by atoms with van der Waals surface area (Å²) >= 11 is 0. The SMILES string of the molecule is Cc1cc(N2CCOCC2)ccc1CN1CCN(C(=O)OC(C(F)(F)F)C(F)(F)F)CC1. The number of amides is 1. The molecule has 0 unspecified atom stereocenters. The number of hydrogen-bond donors (Lipinski definition) is 0. The van der Waals surface area contributed by atoms with Crippen LogP contribution in [0.1, 0.15) is 11.1 Å². The number of carbonyl (C=O) groups excluding carboxylic acids is 1. The van der Waals surface area contributed by atoms with Gasteiger partial charge in [-0.05, 0) is 30.2 Å². The van der Waals surface area contributed by atoms with Crippen molar-refractivity contribution in [2.24, 2.45) is 0 Å². The molecule has 0 aromatic heterocycles. The molecule has 12 heteroatoms. The Morgan fingerprint density at radius 3 is 2.12 bits per heavy atom. The standard InChI is InChI=1S/C20H25F6N3O3/c1-14-12-16(28-8-10-31-11-9-28)3-2-15(14)13-27-4-6-29(7-5-27)18(30)32-17(19(21,22)23)20(24,25)26/h2-3,12,17H,4-11,13H2,1H3. The van der Waals surface area contributed by atoms with Crippen molar-refractivity contribution in [1.82, 2.24) is 9.80 Å². The van der Waals surface area contributed by atoms with Gasteiger partial charge < -0.3 is 19.3 Å². The first kappa shape index (κ1) is 24.4. The lowest BCUT2D eigenvalue weighted by Gasteiger charge is -2.35. The zero-order chi connectivity index (χ0) is 23.5. The highest BCUT2D eigenvalue weighted by Crippen LogP contribution is 2.36. The minimum absolute atomic E-state index is 0.0217. The molecule has 1 aromatic rings. The van der Waals surface area contributed by atoms with Gasteiger partial charge in [0.2, 0.25) is 0 Å². The second-order valence-electron chi connectivity index (χ2n) is 7.82. The fraction of sp³-hybridized carbons (Fsp3) is 0.650. The van der Waals surface area contributed by atoms with Crippen LogP contribution in [-0.4, -0.2) is 86.8 Å². The normalized spacial score (nSPS) is 18.9. The number of morpholine rings is 1. The number of alkyl halides is 6. The second-order valence-corrected chi connectivity index (χ2v) is 7.82. The highest BCUT2D eigenvalue weighted by atomic mass is 19.4. The number of piperazine rings is 1. The van der Waals surface area contributed by atoms with Crippen LogP contribution in [-0.2, 0) is 16.0 Å². The average Bonchev–Trinajstić information content (AvgIpc) is 2.73. The van der Waals surface area contributed by atoms with Gasteiger partial charge in [0.15, 0.2) is 0 Å². The fourth-order valence-electron chi connectivity index (χ4n) is 3.70. The van der Waals surface area contributed by atoms with Crippen molar-refractivity contribution in [3.05, 3.63) is 29.3 Å². The highest BCUT2D eigenvalue weighted by molar-refractivity contribution is 5.68. The van der Waals surface area contributed by atoms with Crippen LogP contribution in [0.5, 0.6) is 0 Å². The summed E-state index contributed by atoms with van der Waals surface area (Å²) in [5, 5.41) is 0. The molecule has 2 aliphatic rings. The van der Waals surface area contributed by atoms with E-state index in [1.165, 1.54) is 0 Å². The molecule has 1 amide bonds. The third-order valence-electron chi connectivity index (χ3n) is 5.54. The van der Waals surface area contributed by atoms with Crippen molar-refractivity contribution < 1.29 is 40.6 Å². The van der Waals surface area contributed by atoms with Gasteiger partial charge in [0.25, 0.3) is 6.10 Å². The van der Waals surface area contributed by atoms with Gasteiger partial charge in [-0.3, -0.25) is 4.90 Å². The molecule has 0 saturated carbocycles. The zero-order valence-electron chi connectivity index (χ0n) is 17.5. The summed E-state index contributed by atoms with van der Waals surface area (Å²) in [5.41, 5.74) is 3.24. The molecule has 0 spiro atoms. The van der Waals surface area contributed by atoms with Crippen molar-refractivity contribution in [3.8, 4) is 0 Å². The van der Waals surface area contributed by atoms with Crippen LogP contribution in [0.15, 0.2) is 18.2 Å². The van der Waals surface area contributed by atoms with E-state index in [9.17, 15) is 31.1 Å². The number of hydrogen-bond acceptors (Lipinski definition) is 5. The molecule has 32 heavy (non-hydrogen) atoms. The van der Waals surface area contributed by atoms with Crippen molar-refractivity contribution in [2.45, 2.75) is 31.9 Å². The number of halogens is 6. The first-order valence-corrected chi connectivity index (χ1v) is 10.2. The molecule has 6 nitrogen and oxygen atoms in total. The molecule has 0 radical (unpaired) electrons. The van der Waals surface area contributed by atoms with E-state index in [0.717, 1.165) is 34.8 Å². The summed E-state index contributed by atoms with van der Waals surface area (Å²) in [6.07, 6.45) is -17.2. The van der Waals surface area contributed by atoms with E-state index in [-0.39, 0.29) is 13.1 Å². The first-order chi connectivity index (χ1) is 14.9. The van der Waals surface area contributed by atoms with Gasteiger partial charge in [0.1, 0.15) is 0 Å². The van der Waals surface area contributed by atoms with E-state index >= 15 is 0 Å². The molecule has 180 valence electrons. The summed E-state index contributed by atoms with van der Waals surface area (Å²) in [6, 6.07) is 6.12. The molecule has 0 aliphatic carbocycles. The maximum absolute atomic E-state index is 12.6. The number of aryl methyl sites for hydroxylation is 1. The van der Waals surface area contributed by atoms with E-state index in [2.05, 4.69) is 15.7 Å². The molecule has 0 bridgehead atoms. The second kappa shape index (κ2) is 9.74. The van der Waals surface area contributed by atoms with E-state index in [1.807, 2.05) is 24.0 Å². The molecule has 2 fully saturated rings. The lowest BCUT2D eigenvalue weighted by molar-refractivity contribution is -0.308. The molecule has 1 aromatic carbocycles. The van der Waals surface area contributed by atoms with E-state index in [1.54, 1.807) is 0 Å². The van der Waals surface area contributed by atoms with Gasteiger partial charge in [-0.2, -0.15) is 26.3 Å². The number of nitrogens with zero attached hydrogens (tertiary/aromatic N) is 3. The predicted molar refractivity (Wildman–Crippen MR) is 103 cm³/mol. The smallest absolute Gasteiger partial charge is 0.426 e. The van der Waals surface area contributed by atoms with Crippen molar-refractivity contribution in [2.75, 3.05) is 57.4 Å². The van der Waals surface area contributed by atoms with Gasteiger partial charge in [0.05, 0.1) is 13.2 Å². The predicted octanol–water partition coefficient (Wildman–Crippen LogP) is 3.58. The number of carbonyl (C=O) groups is 1. The Hall–Kier alpha value is -2.21. The summed E-state index contributed by atoms with van der Waals surface area (Å²) in [5.74, 6) is 0. The summed E-state index contributed by atoms with van der Waals surface area (Å²) in [4.78, 5) is 17.0.